The average Bonchev–Trinajstić information content (AvgIpc) is 3.23. The Morgan fingerprint density at radius 2 is 1.34 bits per heavy atom. The van der Waals surface area contributed by atoms with Crippen LogP contribution in [0.4, 0.5) is 0 Å². The summed E-state index contributed by atoms with van der Waals surface area (Å²) in [4.78, 5) is 34.0. The maximum Gasteiger partial charge on any atom is 0.309 e. The summed E-state index contributed by atoms with van der Waals surface area (Å²) in [7, 11) is 0. The van der Waals surface area contributed by atoms with Gasteiger partial charge in [-0.25, -0.2) is 0 Å². The van der Waals surface area contributed by atoms with E-state index < -0.39 is 6.61 Å². The first kappa shape index (κ1) is 27.4. The van der Waals surface area contributed by atoms with E-state index in [9.17, 15) is 14.4 Å². The first-order chi connectivity index (χ1) is 13.7. The van der Waals surface area contributed by atoms with E-state index in [0.29, 0.717) is 11.8 Å². The minimum atomic E-state index is -0.413. The first-order valence-corrected chi connectivity index (χ1v) is 11.0. The van der Waals surface area contributed by atoms with Crippen LogP contribution >= 0.6 is 0 Å². The lowest BCUT2D eigenvalue weighted by Gasteiger charge is -2.20. The number of carbonyl (C=O) groups is 3. The summed E-state index contributed by atoms with van der Waals surface area (Å²) in [6.45, 7) is 11.7. The quantitative estimate of drug-likeness (QED) is 0.477. The van der Waals surface area contributed by atoms with Crippen molar-refractivity contribution in [1.82, 2.24) is 10.6 Å². The molecule has 7 heteroatoms. The molecule has 0 aromatic carbocycles. The van der Waals surface area contributed by atoms with Gasteiger partial charge in [0, 0.05) is 12.1 Å². The summed E-state index contributed by atoms with van der Waals surface area (Å²) in [5, 5.41) is 14.1. The SMILES string of the molecule is CCC(NC(=O)CO)C(C)C.CCC(NC(=O)COC(=O)C1CCCC1)C(C)C. The molecule has 2 atom stereocenters. The van der Waals surface area contributed by atoms with Crippen LogP contribution in [0, 0.1) is 17.8 Å². The maximum atomic E-state index is 11.6. The Labute approximate surface area is 176 Å². The molecule has 0 bridgehead atoms. The summed E-state index contributed by atoms with van der Waals surface area (Å²) in [6.07, 6.45) is 5.80. The molecule has 1 saturated carbocycles. The minimum absolute atomic E-state index is 0.0184. The van der Waals surface area contributed by atoms with Gasteiger partial charge in [0.1, 0.15) is 6.61 Å². The van der Waals surface area contributed by atoms with Crippen molar-refractivity contribution in [3.63, 3.8) is 0 Å². The molecule has 0 heterocycles. The van der Waals surface area contributed by atoms with Crippen LogP contribution in [0.15, 0.2) is 0 Å². The van der Waals surface area contributed by atoms with Gasteiger partial charge in [-0.05, 0) is 37.5 Å². The number of aliphatic hydroxyl groups is 1. The molecule has 1 aliphatic carbocycles. The van der Waals surface area contributed by atoms with Crippen LogP contribution in [-0.2, 0) is 19.1 Å². The standard InChI is InChI=1S/C14H25NO3.C8H17NO2/c1-4-12(10(2)3)15-13(16)9-18-14(17)11-7-5-6-8-11;1-4-7(6(2)3)9-8(11)5-10/h10-12H,4-9H2,1-3H3,(H,15,16);6-7,10H,4-5H2,1-3H3,(H,9,11). The van der Waals surface area contributed by atoms with Gasteiger partial charge in [-0.2, -0.15) is 0 Å². The largest absolute Gasteiger partial charge is 0.455 e. The van der Waals surface area contributed by atoms with Crippen LogP contribution in [0.25, 0.3) is 0 Å². The molecule has 1 rings (SSSR count). The van der Waals surface area contributed by atoms with Gasteiger partial charge in [-0.15, -0.1) is 0 Å². The van der Waals surface area contributed by atoms with Crippen molar-refractivity contribution in [2.75, 3.05) is 13.2 Å². The number of nitrogens with one attached hydrogen (secondary N) is 2. The number of aliphatic hydroxyl groups excluding tert-OH is 1. The van der Waals surface area contributed by atoms with Gasteiger partial charge in [0.25, 0.3) is 5.91 Å². The first-order valence-electron chi connectivity index (χ1n) is 11.0. The van der Waals surface area contributed by atoms with Gasteiger partial charge in [0.05, 0.1) is 5.92 Å². The van der Waals surface area contributed by atoms with Gasteiger partial charge < -0.3 is 20.5 Å². The van der Waals surface area contributed by atoms with Crippen LogP contribution in [0.5, 0.6) is 0 Å². The third-order valence-corrected chi connectivity index (χ3v) is 5.36. The molecule has 170 valence electrons. The summed E-state index contributed by atoms with van der Waals surface area (Å²) < 4.78 is 5.06. The highest BCUT2D eigenvalue weighted by Gasteiger charge is 2.25. The fourth-order valence-corrected chi connectivity index (χ4v) is 3.40. The molecular weight excluding hydrogens is 372 g/mol. The van der Waals surface area contributed by atoms with Gasteiger partial charge in [-0.1, -0.05) is 54.4 Å². The van der Waals surface area contributed by atoms with Gasteiger partial charge in [0.15, 0.2) is 6.61 Å². The summed E-state index contributed by atoms with van der Waals surface area (Å²) in [5.41, 5.74) is 0. The van der Waals surface area contributed by atoms with E-state index in [2.05, 4.69) is 24.5 Å². The van der Waals surface area contributed by atoms with Crippen LogP contribution in [-0.4, -0.2) is 48.2 Å². The number of rotatable bonds is 10. The molecule has 3 N–H and O–H groups in total. The Bertz CT molecular complexity index is 488. The Morgan fingerprint density at radius 1 is 0.897 bits per heavy atom. The Balaban J connectivity index is 0.000000614. The zero-order valence-corrected chi connectivity index (χ0v) is 19.1. The van der Waals surface area contributed by atoms with Crippen LogP contribution in [0.1, 0.15) is 80.1 Å². The van der Waals surface area contributed by atoms with E-state index in [4.69, 9.17) is 9.84 Å². The van der Waals surface area contributed by atoms with Gasteiger partial charge >= 0.3 is 5.97 Å². The zero-order valence-electron chi connectivity index (χ0n) is 19.1. The summed E-state index contributed by atoms with van der Waals surface area (Å²) >= 11 is 0. The zero-order chi connectivity index (χ0) is 22.4. The molecule has 0 spiro atoms. The van der Waals surface area contributed by atoms with Crippen LogP contribution < -0.4 is 10.6 Å². The second kappa shape index (κ2) is 15.2. The third-order valence-electron chi connectivity index (χ3n) is 5.36. The lowest BCUT2D eigenvalue weighted by atomic mass is 10.0. The molecule has 29 heavy (non-hydrogen) atoms. The number of amides is 2. The van der Waals surface area contributed by atoms with Crippen molar-refractivity contribution in [2.24, 2.45) is 17.8 Å². The smallest absolute Gasteiger partial charge is 0.309 e. The molecule has 0 saturated heterocycles. The molecule has 2 unspecified atom stereocenters. The molecule has 0 aromatic rings. The molecule has 7 nitrogen and oxygen atoms in total. The van der Waals surface area contributed by atoms with E-state index >= 15 is 0 Å². The highest BCUT2D eigenvalue weighted by molar-refractivity contribution is 5.81. The normalized spacial score (nSPS) is 16.0. The molecule has 0 aromatic heterocycles. The predicted octanol–water partition coefficient (Wildman–Crippen LogP) is 2.80. The van der Waals surface area contributed by atoms with Gasteiger partial charge in [-0.3, -0.25) is 14.4 Å². The predicted molar refractivity (Wildman–Crippen MR) is 114 cm³/mol. The lowest BCUT2D eigenvalue weighted by Crippen LogP contribution is -2.40. The second-order valence-corrected chi connectivity index (χ2v) is 8.40. The number of carbonyl (C=O) groups excluding carboxylic acids is 3. The second-order valence-electron chi connectivity index (χ2n) is 8.40. The number of hydrogen-bond acceptors (Lipinski definition) is 5. The maximum absolute atomic E-state index is 11.6. The number of ether oxygens (including phenoxy) is 1. The highest BCUT2D eigenvalue weighted by atomic mass is 16.5. The van der Waals surface area contributed by atoms with E-state index in [1.165, 1.54) is 0 Å². The van der Waals surface area contributed by atoms with Crippen molar-refractivity contribution in [2.45, 2.75) is 92.2 Å². The van der Waals surface area contributed by atoms with Crippen molar-refractivity contribution in [3.05, 3.63) is 0 Å². The molecular formula is C22H42N2O5. The van der Waals surface area contributed by atoms with Crippen molar-refractivity contribution < 1.29 is 24.2 Å². The Hall–Kier alpha value is -1.63. The van der Waals surface area contributed by atoms with Crippen molar-refractivity contribution in [3.8, 4) is 0 Å². The van der Waals surface area contributed by atoms with E-state index in [-0.39, 0.29) is 42.4 Å². The molecule has 2 amide bonds. The van der Waals surface area contributed by atoms with Crippen LogP contribution in [0.3, 0.4) is 0 Å². The fraction of sp³-hybridized carbons (Fsp3) is 0.864. The van der Waals surface area contributed by atoms with Crippen molar-refractivity contribution >= 4 is 17.8 Å². The van der Waals surface area contributed by atoms with Crippen molar-refractivity contribution in [1.29, 1.82) is 0 Å². The van der Waals surface area contributed by atoms with E-state index in [1.54, 1.807) is 0 Å². The fourth-order valence-electron chi connectivity index (χ4n) is 3.40. The van der Waals surface area contributed by atoms with Gasteiger partial charge in [0.2, 0.25) is 5.91 Å². The number of esters is 1. The monoisotopic (exact) mass is 414 g/mol. The van der Waals surface area contributed by atoms with E-state index in [0.717, 1.165) is 38.5 Å². The minimum Gasteiger partial charge on any atom is -0.455 e. The third kappa shape index (κ3) is 11.8. The Morgan fingerprint density at radius 3 is 1.72 bits per heavy atom. The topological polar surface area (TPSA) is 105 Å². The summed E-state index contributed by atoms with van der Waals surface area (Å²) in [5.74, 6) is 0.151. The molecule has 1 aliphatic rings. The average molecular weight is 415 g/mol. The molecule has 0 radical (unpaired) electrons. The Kier molecular flexibility index (Phi) is 14.4. The van der Waals surface area contributed by atoms with E-state index in [1.807, 2.05) is 27.7 Å². The summed E-state index contributed by atoms with van der Waals surface area (Å²) in [6, 6.07) is 0.345. The highest BCUT2D eigenvalue weighted by Crippen LogP contribution is 2.25. The number of hydrogen-bond donors (Lipinski definition) is 3. The van der Waals surface area contributed by atoms with Crippen LogP contribution in [0.2, 0.25) is 0 Å². The molecule has 0 aliphatic heterocycles. The lowest BCUT2D eigenvalue weighted by molar-refractivity contribution is -0.152. The molecule has 1 fully saturated rings.